The van der Waals surface area contributed by atoms with E-state index in [4.69, 9.17) is 11.6 Å². The van der Waals surface area contributed by atoms with E-state index in [-0.39, 0.29) is 11.9 Å². The highest BCUT2D eigenvalue weighted by molar-refractivity contribution is 6.31. The van der Waals surface area contributed by atoms with Gasteiger partial charge in [-0.15, -0.1) is 0 Å². The summed E-state index contributed by atoms with van der Waals surface area (Å²) in [6.07, 6.45) is 3.76. The van der Waals surface area contributed by atoms with E-state index in [2.05, 4.69) is 10.4 Å². The molecule has 2 rings (SSSR count). The van der Waals surface area contributed by atoms with Crippen molar-refractivity contribution in [3.8, 4) is 0 Å². The molecule has 1 atom stereocenters. The molecule has 1 N–H and O–H groups in total. The Labute approximate surface area is 111 Å². The van der Waals surface area contributed by atoms with Crippen molar-refractivity contribution < 1.29 is 4.39 Å². The minimum absolute atomic E-state index is 0.0848. The highest BCUT2D eigenvalue weighted by Gasteiger charge is 2.17. The molecule has 0 aliphatic rings. The molecule has 5 heteroatoms. The third kappa shape index (κ3) is 2.54. The lowest BCUT2D eigenvalue weighted by Gasteiger charge is -2.16. The molecule has 0 saturated carbocycles. The summed E-state index contributed by atoms with van der Waals surface area (Å²) in [6.45, 7) is 2.84. The van der Waals surface area contributed by atoms with Gasteiger partial charge >= 0.3 is 0 Å². The van der Waals surface area contributed by atoms with E-state index in [1.54, 1.807) is 12.3 Å². The average Bonchev–Trinajstić information content (AvgIpc) is 2.81. The molecule has 0 radical (unpaired) electrons. The minimum Gasteiger partial charge on any atom is -0.309 e. The van der Waals surface area contributed by atoms with Crippen molar-refractivity contribution in [1.29, 1.82) is 0 Å². The van der Waals surface area contributed by atoms with Crippen LogP contribution in [-0.4, -0.2) is 16.8 Å². The Kier molecular flexibility index (Phi) is 3.99. The van der Waals surface area contributed by atoms with Gasteiger partial charge in [-0.3, -0.25) is 4.68 Å². The van der Waals surface area contributed by atoms with Crippen LogP contribution in [-0.2, 0) is 6.54 Å². The maximum Gasteiger partial charge on any atom is 0.124 e. The molecule has 0 fully saturated rings. The Bertz CT molecular complexity index is 539. The molecule has 0 saturated heterocycles. The molecule has 0 spiro atoms. The van der Waals surface area contributed by atoms with E-state index in [1.807, 2.05) is 24.9 Å². The van der Waals surface area contributed by atoms with Crippen LogP contribution in [0.15, 0.2) is 30.6 Å². The molecule has 96 valence electrons. The van der Waals surface area contributed by atoms with Gasteiger partial charge in [0.25, 0.3) is 0 Å². The van der Waals surface area contributed by atoms with E-state index in [1.165, 1.54) is 12.1 Å². The Balaban J connectivity index is 2.38. The zero-order valence-electron chi connectivity index (χ0n) is 10.3. The zero-order valence-corrected chi connectivity index (χ0v) is 11.1. The van der Waals surface area contributed by atoms with Crippen molar-refractivity contribution in [3.63, 3.8) is 0 Å². The fourth-order valence-electron chi connectivity index (χ4n) is 1.94. The molecular weight excluding hydrogens is 253 g/mol. The van der Waals surface area contributed by atoms with Crippen LogP contribution >= 0.6 is 11.6 Å². The normalized spacial score (nSPS) is 12.7. The number of hydrogen-bond acceptors (Lipinski definition) is 2. The fraction of sp³-hybridized carbons (Fsp3) is 0.308. The van der Waals surface area contributed by atoms with E-state index < -0.39 is 0 Å². The van der Waals surface area contributed by atoms with Crippen molar-refractivity contribution in [1.82, 2.24) is 15.1 Å². The zero-order chi connectivity index (χ0) is 13.1. The molecule has 1 unspecified atom stereocenters. The van der Waals surface area contributed by atoms with Gasteiger partial charge < -0.3 is 5.32 Å². The summed E-state index contributed by atoms with van der Waals surface area (Å²) in [4.78, 5) is 0. The first-order chi connectivity index (χ1) is 8.65. The second kappa shape index (κ2) is 5.50. The molecule has 0 aliphatic heterocycles. The maximum absolute atomic E-state index is 13.1. The Morgan fingerprint density at radius 3 is 2.83 bits per heavy atom. The summed E-state index contributed by atoms with van der Waals surface area (Å²) >= 11 is 6.09. The van der Waals surface area contributed by atoms with Crippen LogP contribution in [0, 0.1) is 5.82 Å². The van der Waals surface area contributed by atoms with Gasteiger partial charge in [0.1, 0.15) is 5.82 Å². The molecule has 1 aromatic carbocycles. The molecule has 0 aliphatic carbocycles. The summed E-state index contributed by atoms with van der Waals surface area (Å²) < 4.78 is 14.9. The van der Waals surface area contributed by atoms with Crippen LogP contribution in [0.4, 0.5) is 4.39 Å². The van der Waals surface area contributed by atoms with Gasteiger partial charge in [0.15, 0.2) is 0 Å². The predicted molar refractivity (Wildman–Crippen MR) is 70.2 cm³/mol. The molecule has 1 heterocycles. The number of aromatic nitrogens is 2. The number of hydrogen-bond donors (Lipinski definition) is 1. The lowest BCUT2D eigenvalue weighted by Crippen LogP contribution is -2.17. The molecular formula is C13H15ClFN3. The summed E-state index contributed by atoms with van der Waals surface area (Å²) in [5, 5.41) is 7.82. The number of benzene rings is 1. The van der Waals surface area contributed by atoms with Crippen LogP contribution in [0.1, 0.15) is 24.1 Å². The number of halogens is 2. The quantitative estimate of drug-likeness (QED) is 0.923. The summed E-state index contributed by atoms with van der Waals surface area (Å²) in [5.74, 6) is -0.331. The average molecular weight is 268 g/mol. The topological polar surface area (TPSA) is 29.9 Å². The number of aryl methyl sites for hydroxylation is 1. The third-order valence-electron chi connectivity index (χ3n) is 2.87. The van der Waals surface area contributed by atoms with E-state index in [0.29, 0.717) is 5.02 Å². The monoisotopic (exact) mass is 267 g/mol. The van der Waals surface area contributed by atoms with E-state index in [0.717, 1.165) is 17.7 Å². The molecule has 18 heavy (non-hydrogen) atoms. The molecule has 3 nitrogen and oxygen atoms in total. The van der Waals surface area contributed by atoms with Crippen molar-refractivity contribution in [2.75, 3.05) is 7.05 Å². The first-order valence-electron chi connectivity index (χ1n) is 5.80. The number of nitrogens with one attached hydrogen (secondary N) is 1. The lowest BCUT2D eigenvalue weighted by molar-refractivity contribution is 0.623. The van der Waals surface area contributed by atoms with Crippen LogP contribution in [0.2, 0.25) is 5.02 Å². The van der Waals surface area contributed by atoms with Crippen molar-refractivity contribution in [3.05, 3.63) is 52.6 Å². The second-order valence-corrected chi connectivity index (χ2v) is 4.42. The summed E-state index contributed by atoms with van der Waals surface area (Å²) in [7, 11) is 1.84. The predicted octanol–water partition coefficient (Wildman–Crippen LogP) is 3.00. The summed E-state index contributed by atoms with van der Waals surface area (Å²) in [5.41, 5.74) is 1.85. The molecule has 0 amide bonds. The van der Waals surface area contributed by atoms with Gasteiger partial charge in [-0.2, -0.15) is 5.10 Å². The van der Waals surface area contributed by atoms with Crippen molar-refractivity contribution in [2.24, 2.45) is 0 Å². The van der Waals surface area contributed by atoms with Crippen LogP contribution in [0.25, 0.3) is 0 Å². The van der Waals surface area contributed by atoms with Gasteiger partial charge in [-0.05, 0) is 31.7 Å². The van der Waals surface area contributed by atoms with Gasteiger partial charge in [0.2, 0.25) is 0 Å². The molecule has 1 aromatic heterocycles. The third-order valence-corrected chi connectivity index (χ3v) is 3.20. The highest BCUT2D eigenvalue weighted by atomic mass is 35.5. The van der Waals surface area contributed by atoms with Gasteiger partial charge in [-0.1, -0.05) is 17.7 Å². The highest BCUT2D eigenvalue weighted by Crippen LogP contribution is 2.28. The fourth-order valence-corrected chi connectivity index (χ4v) is 2.22. The van der Waals surface area contributed by atoms with Crippen LogP contribution in [0.5, 0.6) is 0 Å². The van der Waals surface area contributed by atoms with Crippen LogP contribution in [0.3, 0.4) is 0 Å². The Morgan fingerprint density at radius 2 is 2.28 bits per heavy atom. The SMILES string of the molecule is CCn1cc(C(NC)c2ccc(F)cc2Cl)cn1. The standard InChI is InChI=1S/C13H15ClFN3/c1-3-18-8-9(7-17-18)13(16-2)11-5-4-10(15)6-12(11)14/h4-8,13,16H,3H2,1-2H3. The lowest BCUT2D eigenvalue weighted by atomic mass is 10.0. The van der Waals surface area contributed by atoms with Gasteiger partial charge in [0, 0.05) is 23.3 Å². The van der Waals surface area contributed by atoms with E-state index >= 15 is 0 Å². The summed E-state index contributed by atoms with van der Waals surface area (Å²) in [6, 6.07) is 4.35. The van der Waals surface area contributed by atoms with Crippen molar-refractivity contribution in [2.45, 2.75) is 19.5 Å². The first kappa shape index (κ1) is 13.1. The number of nitrogens with zero attached hydrogens (tertiary/aromatic N) is 2. The maximum atomic E-state index is 13.1. The van der Waals surface area contributed by atoms with Crippen LogP contribution < -0.4 is 5.32 Å². The minimum atomic E-state index is -0.331. The number of rotatable bonds is 4. The molecule has 0 bridgehead atoms. The van der Waals surface area contributed by atoms with Gasteiger partial charge in [0.05, 0.1) is 12.2 Å². The smallest absolute Gasteiger partial charge is 0.124 e. The largest absolute Gasteiger partial charge is 0.309 e. The Hall–Kier alpha value is -1.39. The molecule has 2 aromatic rings. The second-order valence-electron chi connectivity index (χ2n) is 4.02. The first-order valence-corrected chi connectivity index (χ1v) is 6.18. The van der Waals surface area contributed by atoms with Gasteiger partial charge in [-0.25, -0.2) is 4.39 Å². The Morgan fingerprint density at radius 1 is 1.50 bits per heavy atom. The van der Waals surface area contributed by atoms with Crippen molar-refractivity contribution >= 4 is 11.6 Å². The van der Waals surface area contributed by atoms with E-state index in [9.17, 15) is 4.39 Å².